The molecule has 0 radical (unpaired) electrons. The molecule has 28 heavy (non-hydrogen) atoms. The van der Waals surface area contributed by atoms with Crippen LogP contribution in [0.25, 0.3) is 11.0 Å². The molecule has 9 heteroatoms. The number of rotatable bonds is 5. The second-order valence-electron chi connectivity index (χ2n) is 5.99. The van der Waals surface area contributed by atoms with Gasteiger partial charge in [0.05, 0.1) is 16.0 Å². The fourth-order valence-corrected chi connectivity index (χ4v) is 2.88. The second-order valence-corrected chi connectivity index (χ2v) is 5.99. The number of hydrogen-bond donors (Lipinski definition) is 1. The average molecular weight is 374 g/mol. The maximum atomic E-state index is 12.7. The minimum absolute atomic E-state index is 0.0810. The first-order valence-corrected chi connectivity index (χ1v) is 8.38. The van der Waals surface area contributed by atoms with Crippen LogP contribution in [0.15, 0.2) is 73.1 Å². The summed E-state index contributed by atoms with van der Waals surface area (Å²) in [5.74, 6) is -0.385. The van der Waals surface area contributed by atoms with Gasteiger partial charge in [-0.1, -0.05) is 29.5 Å². The Bertz CT molecular complexity index is 1160. The minimum Gasteiger partial charge on any atom is -0.326 e. The number of para-hydroxylation sites is 1. The normalized spacial score (nSPS) is 11.9. The van der Waals surface area contributed by atoms with Crippen LogP contribution in [-0.4, -0.2) is 30.8 Å². The van der Waals surface area contributed by atoms with Gasteiger partial charge >= 0.3 is 0 Å². The van der Waals surface area contributed by atoms with Gasteiger partial charge in [-0.3, -0.25) is 19.9 Å². The molecule has 138 valence electrons. The van der Waals surface area contributed by atoms with E-state index in [1.54, 1.807) is 36.5 Å². The molecule has 1 unspecified atom stereocenters. The van der Waals surface area contributed by atoms with Gasteiger partial charge in [0.1, 0.15) is 5.52 Å². The number of carbonyl (C=O) groups is 1. The molecule has 0 aliphatic heterocycles. The van der Waals surface area contributed by atoms with Crippen LogP contribution in [0.2, 0.25) is 0 Å². The molecule has 2 aromatic heterocycles. The Morgan fingerprint density at radius 1 is 1.11 bits per heavy atom. The zero-order valence-electron chi connectivity index (χ0n) is 14.5. The fraction of sp³-hybridized carbons (Fsp3) is 0.0526. The molecule has 0 saturated heterocycles. The molecule has 2 aromatic carbocycles. The number of nitrogens with zero attached hydrogens (tertiary/aromatic N) is 5. The molecule has 1 amide bonds. The van der Waals surface area contributed by atoms with Crippen molar-refractivity contribution in [1.82, 2.24) is 25.3 Å². The summed E-state index contributed by atoms with van der Waals surface area (Å²) in [6, 6.07) is 16.6. The summed E-state index contributed by atoms with van der Waals surface area (Å²) < 4.78 is 1.53. The molecular formula is C19H14N6O3. The lowest BCUT2D eigenvalue weighted by Crippen LogP contribution is -2.34. The summed E-state index contributed by atoms with van der Waals surface area (Å²) in [6.07, 6.45) is 2.22. The highest BCUT2D eigenvalue weighted by molar-refractivity contribution is 5.94. The van der Waals surface area contributed by atoms with Crippen LogP contribution in [0.3, 0.4) is 0 Å². The first-order valence-electron chi connectivity index (χ1n) is 8.38. The maximum absolute atomic E-state index is 12.7. The summed E-state index contributed by atoms with van der Waals surface area (Å²) in [4.78, 5) is 27.4. The van der Waals surface area contributed by atoms with Crippen molar-refractivity contribution in [3.63, 3.8) is 0 Å². The van der Waals surface area contributed by atoms with E-state index in [9.17, 15) is 14.9 Å². The standard InChI is InChI=1S/C19H14N6O3/c26-19(14-6-4-10-20-12-14)21-18(13-5-3-7-15(11-13)25(27)28)24-17-9-2-1-8-16(17)22-23-24/h1-12,18H,(H,21,26). The predicted octanol–water partition coefficient (Wildman–Crippen LogP) is 2.71. The zero-order chi connectivity index (χ0) is 19.5. The number of carbonyl (C=O) groups excluding carboxylic acids is 1. The summed E-state index contributed by atoms with van der Waals surface area (Å²) in [5.41, 5.74) is 2.12. The van der Waals surface area contributed by atoms with Gasteiger partial charge in [0.2, 0.25) is 0 Å². The molecule has 4 aromatic rings. The van der Waals surface area contributed by atoms with Gasteiger partial charge in [0.15, 0.2) is 6.17 Å². The smallest absolute Gasteiger partial charge is 0.269 e. The van der Waals surface area contributed by atoms with Crippen LogP contribution in [-0.2, 0) is 0 Å². The van der Waals surface area contributed by atoms with Gasteiger partial charge in [0, 0.05) is 30.1 Å². The molecule has 0 aliphatic carbocycles. The number of nitro groups is 1. The SMILES string of the molecule is O=C(NC(c1cccc([N+](=O)[O-])c1)n1nnc2ccccc21)c1cccnc1. The zero-order valence-corrected chi connectivity index (χ0v) is 14.5. The lowest BCUT2D eigenvalue weighted by Gasteiger charge is -2.20. The van der Waals surface area contributed by atoms with E-state index in [0.29, 0.717) is 22.2 Å². The van der Waals surface area contributed by atoms with E-state index in [4.69, 9.17) is 0 Å². The van der Waals surface area contributed by atoms with Crippen molar-refractivity contribution in [2.24, 2.45) is 0 Å². The first-order chi connectivity index (χ1) is 13.6. The third-order valence-electron chi connectivity index (χ3n) is 4.21. The summed E-state index contributed by atoms with van der Waals surface area (Å²) in [7, 11) is 0. The van der Waals surface area contributed by atoms with E-state index >= 15 is 0 Å². The quantitative estimate of drug-likeness (QED) is 0.424. The number of benzene rings is 2. The molecule has 4 rings (SSSR count). The lowest BCUT2D eigenvalue weighted by atomic mass is 10.1. The summed E-state index contributed by atoms with van der Waals surface area (Å²) >= 11 is 0. The van der Waals surface area contributed by atoms with Crippen LogP contribution in [0.4, 0.5) is 5.69 Å². The van der Waals surface area contributed by atoms with Gasteiger partial charge < -0.3 is 5.32 Å². The Kier molecular flexibility index (Phi) is 4.47. The molecule has 1 atom stereocenters. The second kappa shape index (κ2) is 7.23. The summed E-state index contributed by atoms with van der Waals surface area (Å²) in [5, 5.41) is 22.3. The molecule has 0 spiro atoms. The van der Waals surface area contributed by atoms with Crippen molar-refractivity contribution < 1.29 is 9.72 Å². The predicted molar refractivity (Wildman–Crippen MR) is 100 cm³/mol. The number of amides is 1. The number of fused-ring (bicyclic) bond motifs is 1. The minimum atomic E-state index is -0.792. The molecule has 0 aliphatic rings. The molecule has 0 fully saturated rings. The van der Waals surface area contributed by atoms with Gasteiger partial charge in [-0.25, -0.2) is 4.68 Å². The summed E-state index contributed by atoms with van der Waals surface area (Å²) in [6.45, 7) is 0. The van der Waals surface area contributed by atoms with E-state index < -0.39 is 11.1 Å². The van der Waals surface area contributed by atoms with E-state index in [0.717, 1.165) is 0 Å². The van der Waals surface area contributed by atoms with Crippen molar-refractivity contribution in [2.45, 2.75) is 6.17 Å². The molecular weight excluding hydrogens is 360 g/mol. The van der Waals surface area contributed by atoms with E-state index in [1.807, 2.05) is 18.2 Å². The van der Waals surface area contributed by atoms with Crippen LogP contribution in [0.1, 0.15) is 22.1 Å². The van der Waals surface area contributed by atoms with E-state index in [1.165, 1.54) is 23.0 Å². The highest BCUT2D eigenvalue weighted by Crippen LogP contribution is 2.24. The number of pyridine rings is 1. The molecule has 2 heterocycles. The van der Waals surface area contributed by atoms with Crippen molar-refractivity contribution in [3.8, 4) is 0 Å². The van der Waals surface area contributed by atoms with Crippen LogP contribution < -0.4 is 5.32 Å². The van der Waals surface area contributed by atoms with Crippen LogP contribution >= 0.6 is 0 Å². The Labute approximate surface area is 158 Å². The van der Waals surface area contributed by atoms with Crippen molar-refractivity contribution in [2.75, 3.05) is 0 Å². The highest BCUT2D eigenvalue weighted by atomic mass is 16.6. The van der Waals surface area contributed by atoms with Gasteiger partial charge in [-0.05, 0) is 24.3 Å². The molecule has 9 nitrogen and oxygen atoms in total. The number of aromatic nitrogens is 4. The number of non-ortho nitro benzene ring substituents is 1. The Balaban J connectivity index is 1.80. The Hall–Kier alpha value is -4.14. The lowest BCUT2D eigenvalue weighted by molar-refractivity contribution is -0.384. The largest absolute Gasteiger partial charge is 0.326 e. The number of nitrogens with one attached hydrogen (secondary N) is 1. The van der Waals surface area contributed by atoms with E-state index in [-0.39, 0.29) is 11.6 Å². The highest BCUT2D eigenvalue weighted by Gasteiger charge is 2.22. The first kappa shape index (κ1) is 17.3. The van der Waals surface area contributed by atoms with Crippen molar-refractivity contribution in [1.29, 1.82) is 0 Å². The maximum Gasteiger partial charge on any atom is 0.269 e. The van der Waals surface area contributed by atoms with Gasteiger partial charge in [-0.15, -0.1) is 5.10 Å². The third kappa shape index (κ3) is 3.28. The van der Waals surface area contributed by atoms with Gasteiger partial charge in [-0.2, -0.15) is 0 Å². The molecule has 0 bridgehead atoms. The van der Waals surface area contributed by atoms with Crippen LogP contribution in [0.5, 0.6) is 0 Å². The van der Waals surface area contributed by atoms with Gasteiger partial charge in [0.25, 0.3) is 11.6 Å². The van der Waals surface area contributed by atoms with E-state index in [2.05, 4.69) is 20.6 Å². The Morgan fingerprint density at radius 2 is 1.96 bits per heavy atom. The number of hydrogen-bond acceptors (Lipinski definition) is 6. The fourth-order valence-electron chi connectivity index (χ4n) is 2.88. The topological polar surface area (TPSA) is 116 Å². The number of nitro benzene ring substituents is 1. The monoisotopic (exact) mass is 374 g/mol. The molecule has 1 N–H and O–H groups in total. The van der Waals surface area contributed by atoms with Crippen LogP contribution in [0, 0.1) is 10.1 Å². The van der Waals surface area contributed by atoms with Crippen molar-refractivity contribution >= 4 is 22.6 Å². The third-order valence-corrected chi connectivity index (χ3v) is 4.21. The van der Waals surface area contributed by atoms with Crippen molar-refractivity contribution in [3.05, 3.63) is 94.3 Å². The molecule has 0 saturated carbocycles. The Morgan fingerprint density at radius 3 is 2.75 bits per heavy atom. The average Bonchev–Trinajstić information content (AvgIpc) is 3.16.